The molecule has 1 aliphatic rings. The van der Waals surface area contributed by atoms with E-state index in [4.69, 9.17) is 4.74 Å². The molecule has 24 heavy (non-hydrogen) atoms. The zero-order valence-corrected chi connectivity index (χ0v) is 12.9. The van der Waals surface area contributed by atoms with Gasteiger partial charge in [0, 0.05) is 19.8 Å². The molecule has 0 aromatic carbocycles. The molecule has 2 heterocycles. The molecule has 0 radical (unpaired) electrons. The van der Waals surface area contributed by atoms with Crippen LogP contribution in [0.3, 0.4) is 0 Å². The topological polar surface area (TPSA) is 88.5 Å². The van der Waals surface area contributed by atoms with E-state index in [0.717, 1.165) is 12.1 Å². The summed E-state index contributed by atoms with van der Waals surface area (Å²) in [7, 11) is 0. The predicted octanol–water partition coefficient (Wildman–Crippen LogP) is 2.02. The van der Waals surface area contributed by atoms with Gasteiger partial charge in [0.25, 0.3) is 5.91 Å². The van der Waals surface area contributed by atoms with Crippen LogP contribution in [0.15, 0.2) is 12.1 Å². The van der Waals surface area contributed by atoms with Gasteiger partial charge in [-0.3, -0.25) is 9.59 Å². The summed E-state index contributed by atoms with van der Waals surface area (Å²) in [5.41, 5.74) is -2.29. The number of carboxylic acids is 1. The summed E-state index contributed by atoms with van der Waals surface area (Å²) in [6.45, 7) is 1.74. The minimum Gasteiger partial charge on any atom is -0.481 e. The Morgan fingerprint density at radius 3 is 2.46 bits per heavy atom. The minimum absolute atomic E-state index is 0.0180. The standard InChI is InChI=1S/C15H17F3N2O4/c1-9-10(2-3-11(20-9)15(16,17)18)12(21)19-8-14(13(22)23)4-6-24-7-5-14/h2-3H,4-8H2,1H3,(H,19,21)(H,22,23). The number of carbonyl (C=O) groups is 2. The fraction of sp³-hybridized carbons (Fsp3) is 0.533. The molecule has 9 heteroatoms. The van der Waals surface area contributed by atoms with E-state index in [1.807, 2.05) is 0 Å². The van der Waals surface area contributed by atoms with E-state index in [-0.39, 0.29) is 43.9 Å². The zero-order chi connectivity index (χ0) is 18.0. The molecule has 1 saturated heterocycles. The van der Waals surface area contributed by atoms with Crippen LogP contribution in [-0.2, 0) is 15.7 Å². The first-order valence-electron chi connectivity index (χ1n) is 7.30. The number of halogens is 3. The fourth-order valence-corrected chi connectivity index (χ4v) is 2.53. The van der Waals surface area contributed by atoms with Crippen molar-refractivity contribution in [3.63, 3.8) is 0 Å². The maximum Gasteiger partial charge on any atom is 0.433 e. The first-order chi connectivity index (χ1) is 11.2. The number of aliphatic carboxylic acids is 1. The molecule has 1 aromatic rings. The van der Waals surface area contributed by atoms with Crippen molar-refractivity contribution < 1.29 is 32.6 Å². The second kappa shape index (κ2) is 6.76. The van der Waals surface area contributed by atoms with Crippen LogP contribution in [0.4, 0.5) is 13.2 Å². The second-order valence-electron chi connectivity index (χ2n) is 5.71. The largest absolute Gasteiger partial charge is 0.481 e. The highest BCUT2D eigenvalue weighted by Crippen LogP contribution is 2.31. The van der Waals surface area contributed by atoms with Gasteiger partial charge in [-0.25, -0.2) is 4.98 Å². The molecule has 6 nitrogen and oxygen atoms in total. The summed E-state index contributed by atoms with van der Waals surface area (Å²) >= 11 is 0. The van der Waals surface area contributed by atoms with Crippen molar-refractivity contribution in [3.05, 3.63) is 29.1 Å². The number of amides is 1. The number of aromatic nitrogens is 1. The number of carboxylic acid groups (broad SMARTS) is 1. The molecule has 132 valence electrons. The van der Waals surface area contributed by atoms with Crippen molar-refractivity contribution >= 4 is 11.9 Å². The lowest BCUT2D eigenvalue weighted by Crippen LogP contribution is -2.46. The number of hydrogen-bond acceptors (Lipinski definition) is 4. The van der Waals surface area contributed by atoms with Crippen LogP contribution in [-0.4, -0.2) is 41.7 Å². The van der Waals surface area contributed by atoms with Gasteiger partial charge in [-0.2, -0.15) is 13.2 Å². The van der Waals surface area contributed by atoms with Crippen LogP contribution in [0.5, 0.6) is 0 Å². The number of aryl methyl sites for hydroxylation is 1. The van der Waals surface area contributed by atoms with Crippen molar-refractivity contribution in [3.8, 4) is 0 Å². The van der Waals surface area contributed by atoms with Gasteiger partial charge in [0.15, 0.2) is 0 Å². The molecule has 2 rings (SSSR count). The maximum atomic E-state index is 12.6. The monoisotopic (exact) mass is 346 g/mol. The van der Waals surface area contributed by atoms with Crippen molar-refractivity contribution in [2.24, 2.45) is 5.41 Å². The summed E-state index contributed by atoms with van der Waals surface area (Å²) in [6.07, 6.45) is -4.07. The number of hydrogen-bond donors (Lipinski definition) is 2. The van der Waals surface area contributed by atoms with E-state index in [2.05, 4.69) is 10.3 Å². The highest BCUT2D eigenvalue weighted by atomic mass is 19.4. The quantitative estimate of drug-likeness (QED) is 0.871. The van der Waals surface area contributed by atoms with Gasteiger partial charge < -0.3 is 15.2 Å². The highest BCUT2D eigenvalue weighted by molar-refractivity contribution is 5.95. The summed E-state index contributed by atoms with van der Waals surface area (Å²) in [4.78, 5) is 27.1. The Morgan fingerprint density at radius 1 is 1.33 bits per heavy atom. The van der Waals surface area contributed by atoms with E-state index >= 15 is 0 Å². The van der Waals surface area contributed by atoms with Gasteiger partial charge in [-0.15, -0.1) is 0 Å². The second-order valence-corrected chi connectivity index (χ2v) is 5.71. The van der Waals surface area contributed by atoms with Gasteiger partial charge in [0.05, 0.1) is 16.7 Å². The van der Waals surface area contributed by atoms with Crippen LogP contribution in [0, 0.1) is 12.3 Å². The molecule has 2 N–H and O–H groups in total. The number of alkyl halides is 3. The molecular weight excluding hydrogens is 329 g/mol. The van der Waals surface area contributed by atoms with Crippen molar-refractivity contribution in [1.82, 2.24) is 10.3 Å². The molecule has 1 amide bonds. The first kappa shape index (κ1) is 18.2. The number of nitrogens with one attached hydrogen (secondary N) is 1. The normalized spacial score (nSPS) is 17.3. The van der Waals surface area contributed by atoms with E-state index in [0.29, 0.717) is 0 Å². The van der Waals surface area contributed by atoms with Crippen molar-refractivity contribution in [2.75, 3.05) is 19.8 Å². The third-order valence-electron chi connectivity index (χ3n) is 4.11. The summed E-state index contributed by atoms with van der Waals surface area (Å²) in [6, 6.07) is 1.77. The van der Waals surface area contributed by atoms with Gasteiger partial charge in [0.2, 0.25) is 0 Å². The predicted molar refractivity (Wildman–Crippen MR) is 76.4 cm³/mol. The number of ether oxygens (including phenoxy) is 1. The summed E-state index contributed by atoms with van der Waals surface area (Å²) < 4.78 is 42.9. The smallest absolute Gasteiger partial charge is 0.433 e. The Bertz CT molecular complexity index is 640. The van der Waals surface area contributed by atoms with Gasteiger partial charge >= 0.3 is 12.1 Å². The molecule has 1 aromatic heterocycles. The molecule has 1 fully saturated rings. The molecule has 0 bridgehead atoms. The van der Waals surface area contributed by atoms with E-state index < -0.39 is 29.2 Å². The number of rotatable bonds is 4. The lowest BCUT2D eigenvalue weighted by Gasteiger charge is -2.33. The van der Waals surface area contributed by atoms with Crippen molar-refractivity contribution in [2.45, 2.75) is 25.9 Å². The average Bonchev–Trinajstić information content (AvgIpc) is 2.52. The fourth-order valence-electron chi connectivity index (χ4n) is 2.53. The molecular formula is C15H17F3N2O4. The Labute approximate surface area is 136 Å². The minimum atomic E-state index is -4.59. The number of carbonyl (C=O) groups excluding carboxylic acids is 1. The molecule has 0 atom stereocenters. The summed E-state index contributed by atoms with van der Waals surface area (Å²) in [5.74, 6) is -1.69. The average molecular weight is 346 g/mol. The van der Waals surface area contributed by atoms with Crippen LogP contribution < -0.4 is 5.32 Å². The zero-order valence-electron chi connectivity index (χ0n) is 12.9. The first-order valence-corrected chi connectivity index (χ1v) is 7.30. The Hall–Kier alpha value is -2.16. The Kier molecular flexibility index (Phi) is 5.12. The van der Waals surface area contributed by atoms with Gasteiger partial charge in [-0.05, 0) is 31.9 Å². The molecule has 0 unspecified atom stereocenters. The molecule has 0 spiro atoms. The maximum absolute atomic E-state index is 12.6. The number of pyridine rings is 1. The van der Waals surface area contributed by atoms with Crippen LogP contribution in [0.25, 0.3) is 0 Å². The third kappa shape index (κ3) is 3.84. The van der Waals surface area contributed by atoms with Gasteiger partial charge in [-0.1, -0.05) is 0 Å². The SMILES string of the molecule is Cc1nc(C(F)(F)F)ccc1C(=O)NCC1(C(=O)O)CCOCC1. The molecule has 0 aliphatic carbocycles. The lowest BCUT2D eigenvalue weighted by molar-refractivity contribution is -0.154. The van der Waals surface area contributed by atoms with Gasteiger partial charge in [0.1, 0.15) is 5.69 Å². The van der Waals surface area contributed by atoms with Crippen LogP contribution >= 0.6 is 0 Å². The summed E-state index contributed by atoms with van der Waals surface area (Å²) in [5, 5.41) is 11.9. The van der Waals surface area contributed by atoms with E-state index in [9.17, 15) is 27.9 Å². The van der Waals surface area contributed by atoms with Crippen LogP contribution in [0.1, 0.15) is 34.6 Å². The van der Waals surface area contributed by atoms with Crippen LogP contribution in [0.2, 0.25) is 0 Å². The van der Waals surface area contributed by atoms with Crippen molar-refractivity contribution in [1.29, 1.82) is 0 Å². The third-order valence-corrected chi connectivity index (χ3v) is 4.11. The molecule has 1 aliphatic heterocycles. The Morgan fingerprint density at radius 2 is 1.96 bits per heavy atom. The Balaban J connectivity index is 2.11. The highest BCUT2D eigenvalue weighted by Gasteiger charge is 2.40. The molecule has 0 saturated carbocycles. The van der Waals surface area contributed by atoms with E-state index in [1.54, 1.807) is 0 Å². The van der Waals surface area contributed by atoms with E-state index in [1.165, 1.54) is 6.92 Å². The lowest BCUT2D eigenvalue weighted by atomic mass is 9.80. The number of nitrogens with zero attached hydrogens (tertiary/aromatic N) is 1.